The molecular formula is C11H20N2O4. The van der Waals surface area contributed by atoms with Gasteiger partial charge in [-0.3, -0.25) is 14.5 Å². The first-order chi connectivity index (χ1) is 8.04. The molecule has 2 N–H and O–H groups in total. The third-order valence-electron chi connectivity index (χ3n) is 2.77. The smallest absolute Gasteiger partial charge is 0.317 e. The van der Waals surface area contributed by atoms with Gasteiger partial charge in [-0.1, -0.05) is 0 Å². The Morgan fingerprint density at radius 2 is 2.18 bits per heavy atom. The first-order valence-electron chi connectivity index (χ1n) is 5.79. The second-order valence-corrected chi connectivity index (χ2v) is 4.32. The number of rotatable bonds is 8. The number of nitrogens with one attached hydrogen (secondary N) is 1. The van der Waals surface area contributed by atoms with E-state index in [9.17, 15) is 9.59 Å². The van der Waals surface area contributed by atoms with Crippen LogP contribution in [0.25, 0.3) is 0 Å². The van der Waals surface area contributed by atoms with Crippen molar-refractivity contribution in [2.75, 3.05) is 26.8 Å². The number of methoxy groups -OCH3 is 1. The van der Waals surface area contributed by atoms with Crippen molar-refractivity contribution >= 4 is 11.9 Å². The number of nitrogens with zero attached hydrogens (tertiary/aromatic N) is 1. The van der Waals surface area contributed by atoms with E-state index in [0.29, 0.717) is 19.2 Å². The van der Waals surface area contributed by atoms with Crippen molar-refractivity contribution in [3.8, 4) is 0 Å². The van der Waals surface area contributed by atoms with Crippen molar-refractivity contribution in [2.24, 2.45) is 0 Å². The molecule has 1 fully saturated rings. The van der Waals surface area contributed by atoms with Gasteiger partial charge in [-0.25, -0.2) is 0 Å². The van der Waals surface area contributed by atoms with E-state index in [4.69, 9.17) is 9.84 Å². The number of amides is 1. The monoisotopic (exact) mass is 244 g/mol. The number of hydrogen-bond acceptors (Lipinski definition) is 4. The van der Waals surface area contributed by atoms with Crippen molar-refractivity contribution in [2.45, 2.75) is 31.8 Å². The van der Waals surface area contributed by atoms with Crippen LogP contribution >= 0.6 is 0 Å². The Labute approximate surface area is 101 Å². The molecule has 0 saturated heterocycles. The Morgan fingerprint density at radius 1 is 1.53 bits per heavy atom. The van der Waals surface area contributed by atoms with Crippen LogP contribution in [0.2, 0.25) is 0 Å². The summed E-state index contributed by atoms with van der Waals surface area (Å²) in [5.74, 6) is -1.04. The summed E-state index contributed by atoms with van der Waals surface area (Å²) in [6, 6.07) is -0.152. The molecule has 0 radical (unpaired) electrons. The lowest BCUT2D eigenvalue weighted by Gasteiger charge is -2.26. The number of hydrogen-bond donors (Lipinski definition) is 2. The highest BCUT2D eigenvalue weighted by Crippen LogP contribution is 2.19. The average Bonchev–Trinajstić information content (AvgIpc) is 3.06. The number of carbonyl (C=O) groups excluding carboxylic acids is 1. The zero-order chi connectivity index (χ0) is 12.8. The maximum absolute atomic E-state index is 11.8. The first kappa shape index (κ1) is 13.9. The molecule has 98 valence electrons. The molecule has 0 bridgehead atoms. The van der Waals surface area contributed by atoms with Gasteiger partial charge in [0.25, 0.3) is 0 Å². The van der Waals surface area contributed by atoms with Crippen LogP contribution in [0.15, 0.2) is 0 Å². The third-order valence-corrected chi connectivity index (χ3v) is 2.77. The van der Waals surface area contributed by atoms with Crippen LogP contribution in [0.3, 0.4) is 0 Å². The second-order valence-electron chi connectivity index (χ2n) is 4.32. The quantitative estimate of drug-likeness (QED) is 0.612. The summed E-state index contributed by atoms with van der Waals surface area (Å²) in [6.45, 7) is 2.41. The molecule has 6 nitrogen and oxygen atoms in total. The number of carbonyl (C=O) groups is 2. The van der Waals surface area contributed by atoms with Gasteiger partial charge in [-0.15, -0.1) is 0 Å². The predicted molar refractivity (Wildman–Crippen MR) is 61.7 cm³/mol. The minimum Gasteiger partial charge on any atom is -0.480 e. The SMILES string of the molecule is COCCN(CC(=O)O)C(C)C(=O)NC1CC1. The fourth-order valence-corrected chi connectivity index (χ4v) is 1.51. The number of aliphatic carboxylic acids is 1. The molecule has 1 aliphatic rings. The standard InChI is InChI=1S/C11H20N2O4/c1-8(11(16)12-9-3-4-9)13(5-6-17-2)7-10(14)15/h8-9H,3-7H2,1-2H3,(H,12,16)(H,14,15). The molecule has 0 aromatic heterocycles. The van der Waals surface area contributed by atoms with E-state index in [2.05, 4.69) is 5.32 Å². The second kappa shape index (κ2) is 6.56. The molecule has 0 spiro atoms. The predicted octanol–water partition coefficient (Wildman–Crippen LogP) is -0.313. The van der Waals surface area contributed by atoms with Gasteiger partial charge < -0.3 is 15.2 Å². The summed E-state index contributed by atoms with van der Waals surface area (Å²) in [6.07, 6.45) is 2.05. The maximum Gasteiger partial charge on any atom is 0.317 e. The van der Waals surface area contributed by atoms with Crippen LogP contribution in [-0.4, -0.2) is 60.8 Å². The lowest BCUT2D eigenvalue weighted by Crippen LogP contribution is -2.48. The Kier molecular flexibility index (Phi) is 5.37. The van der Waals surface area contributed by atoms with Gasteiger partial charge in [-0.2, -0.15) is 0 Å². The van der Waals surface area contributed by atoms with Crippen LogP contribution in [0.4, 0.5) is 0 Å². The Hall–Kier alpha value is -1.14. The number of ether oxygens (including phenoxy) is 1. The topological polar surface area (TPSA) is 78.9 Å². The fourth-order valence-electron chi connectivity index (χ4n) is 1.51. The molecule has 6 heteroatoms. The van der Waals surface area contributed by atoms with Gasteiger partial charge in [0.2, 0.25) is 5.91 Å². The number of carboxylic acid groups (broad SMARTS) is 1. The van der Waals surface area contributed by atoms with E-state index in [1.165, 1.54) is 0 Å². The van der Waals surface area contributed by atoms with Gasteiger partial charge in [0.05, 0.1) is 19.2 Å². The highest BCUT2D eigenvalue weighted by molar-refractivity contribution is 5.82. The summed E-state index contributed by atoms with van der Waals surface area (Å²) in [4.78, 5) is 24.1. The third kappa shape index (κ3) is 5.14. The van der Waals surface area contributed by atoms with Crippen LogP contribution in [0.5, 0.6) is 0 Å². The Morgan fingerprint density at radius 3 is 2.65 bits per heavy atom. The largest absolute Gasteiger partial charge is 0.480 e. The molecule has 0 aromatic rings. The summed E-state index contributed by atoms with van der Waals surface area (Å²) < 4.78 is 4.91. The minimum absolute atomic E-state index is 0.107. The molecule has 17 heavy (non-hydrogen) atoms. The van der Waals surface area contributed by atoms with Gasteiger partial charge in [0.15, 0.2) is 0 Å². The fraction of sp³-hybridized carbons (Fsp3) is 0.818. The molecule has 1 aliphatic carbocycles. The van der Waals surface area contributed by atoms with E-state index in [-0.39, 0.29) is 12.5 Å². The van der Waals surface area contributed by atoms with E-state index in [1.54, 1.807) is 18.9 Å². The van der Waals surface area contributed by atoms with Crippen molar-refractivity contribution in [3.05, 3.63) is 0 Å². The molecule has 0 aromatic carbocycles. The van der Waals surface area contributed by atoms with E-state index in [0.717, 1.165) is 12.8 Å². The van der Waals surface area contributed by atoms with Crippen LogP contribution in [0.1, 0.15) is 19.8 Å². The first-order valence-corrected chi connectivity index (χ1v) is 5.79. The highest BCUT2D eigenvalue weighted by atomic mass is 16.5. The van der Waals surface area contributed by atoms with E-state index < -0.39 is 12.0 Å². The molecule has 0 aliphatic heterocycles. The van der Waals surface area contributed by atoms with Crippen molar-refractivity contribution in [1.82, 2.24) is 10.2 Å². The molecule has 0 heterocycles. The molecular weight excluding hydrogens is 224 g/mol. The zero-order valence-corrected chi connectivity index (χ0v) is 10.3. The number of carboxylic acids is 1. The molecule has 1 saturated carbocycles. The minimum atomic E-state index is -0.938. The van der Waals surface area contributed by atoms with Gasteiger partial charge in [0, 0.05) is 19.7 Å². The molecule has 1 rings (SSSR count). The van der Waals surface area contributed by atoms with E-state index >= 15 is 0 Å². The van der Waals surface area contributed by atoms with Gasteiger partial charge in [0.1, 0.15) is 0 Å². The highest BCUT2D eigenvalue weighted by Gasteiger charge is 2.28. The molecule has 1 unspecified atom stereocenters. The molecule has 1 atom stereocenters. The Bertz CT molecular complexity index is 279. The maximum atomic E-state index is 11.8. The van der Waals surface area contributed by atoms with Crippen LogP contribution < -0.4 is 5.32 Å². The lowest BCUT2D eigenvalue weighted by molar-refractivity contribution is -0.140. The lowest BCUT2D eigenvalue weighted by atomic mass is 10.2. The van der Waals surface area contributed by atoms with Crippen molar-refractivity contribution < 1.29 is 19.4 Å². The summed E-state index contributed by atoms with van der Waals surface area (Å²) in [7, 11) is 1.55. The van der Waals surface area contributed by atoms with Crippen LogP contribution in [0, 0.1) is 0 Å². The van der Waals surface area contributed by atoms with Crippen molar-refractivity contribution in [3.63, 3.8) is 0 Å². The average molecular weight is 244 g/mol. The van der Waals surface area contributed by atoms with Gasteiger partial charge >= 0.3 is 5.97 Å². The summed E-state index contributed by atoms with van der Waals surface area (Å²) >= 11 is 0. The summed E-state index contributed by atoms with van der Waals surface area (Å²) in [5, 5.41) is 11.7. The van der Waals surface area contributed by atoms with Crippen LogP contribution in [-0.2, 0) is 14.3 Å². The molecule has 1 amide bonds. The van der Waals surface area contributed by atoms with Crippen molar-refractivity contribution in [1.29, 1.82) is 0 Å². The summed E-state index contributed by atoms with van der Waals surface area (Å²) in [5.41, 5.74) is 0. The zero-order valence-electron chi connectivity index (χ0n) is 10.3. The van der Waals surface area contributed by atoms with E-state index in [1.807, 2.05) is 0 Å². The Balaban J connectivity index is 2.46. The van der Waals surface area contributed by atoms with Gasteiger partial charge in [-0.05, 0) is 19.8 Å². The normalized spacial score (nSPS) is 16.9.